The third-order valence-corrected chi connectivity index (χ3v) is 13.7. The van der Waals surface area contributed by atoms with Gasteiger partial charge in [0, 0.05) is 6.92 Å². The molecule has 2 nitrogen and oxygen atoms in total. The van der Waals surface area contributed by atoms with Crippen molar-refractivity contribution in [1.29, 1.82) is 0 Å². The van der Waals surface area contributed by atoms with Gasteiger partial charge in [0.2, 0.25) is 0 Å². The molecule has 5 saturated carbocycles. The molecule has 0 aromatic rings. The van der Waals surface area contributed by atoms with Gasteiger partial charge in [0.05, 0.1) is 0 Å². The van der Waals surface area contributed by atoms with Crippen molar-refractivity contribution < 1.29 is 9.53 Å². The highest BCUT2D eigenvalue weighted by Crippen LogP contribution is 2.88. The molecular weight excluding hydrogens is 428 g/mol. The van der Waals surface area contributed by atoms with Gasteiger partial charge >= 0.3 is 5.97 Å². The van der Waals surface area contributed by atoms with Crippen LogP contribution in [0.3, 0.4) is 0 Å². The Hall–Kier alpha value is -0.790. The largest absolute Gasteiger partial charge is 0.462 e. The Morgan fingerprint density at radius 1 is 0.971 bits per heavy atom. The van der Waals surface area contributed by atoms with Crippen LogP contribution in [0.25, 0.3) is 0 Å². The van der Waals surface area contributed by atoms with Crippen molar-refractivity contribution in [3.05, 3.63) is 11.6 Å². The standard InChI is InChI=1S/C33H54O2/c1-9-25(21(2)3)11-10-22(4)26-14-16-31(8)29-13-12-27-23(5)28(35-24(6)34)15-17-32(27)20-33(29,32)19-18-30(26,31)7/h9,21-23,26-29H,10-20H2,1-8H3/b25-9+/t22-,23+,26-,27+,28+,29+,30-,31+,32-,33+/m1/s1. The van der Waals surface area contributed by atoms with Crippen LogP contribution >= 0.6 is 0 Å². The van der Waals surface area contributed by atoms with Crippen molar-refractivity contribution in [3.63, 3.8) is 0 Å². The second kappa shape index (κ2) is 8.62. The number of hydrogen-bond donors (Lipinski definition) is 0. The maximum Gasteiger partial charge on any atom is 0.302 e. The smallest absolute Gasteiger partial charge is 0.302 e. The van der Waals surface area contributed by atoms with Crippen molar-refractivity contribution in [3.8, 4) is 0 Å². The topological polar surface area (TPSA) is 26.3 Å². The Labute approximate surface area is 216 Å². The van der Waals surface area contributed by atoms with Crippen LogP contribution in [0.1, 0.15) is 126 Å². The molecule has 0 radical (unpaired) electrons. The lowest BCUT2D eigenvalue weighted by molar-refractivity contribution is -0.165. The lowest BCUT2D eigenvalue weighted by atomic mass is 9.43. The molecule has 5 aliphatic carbocycles. The lowest BCUT2D eigenvalue weighted by Crippen LogP contribution is -2.56. The molecule has 2 heteroatoms. The second-order valence-corrected chi connectivity index (χ2v) is 14.8. The van der Waals surface area contributed by atoms with Crippen molar-refractivity contribution >= 4 is 5.97 Å². The number of ether oxygens (including phenoxy) is 1. The average molecular weight is 483 g/mol. The molecule has 0 unspecified atom stereocenters. The minimum absolute atomic E-state index is 0.0843. The Bertz CT molecular complexity index is 872. The van der Waals surface area contributed by atoms with E-state index in [-0.39, 0.29) is 12.1 Å². The normalized spacial score (nSPS) is 49.5. The van der Waals surface area contributed by atoms with Gasteiger partial charge in [-0.3, -0.25) is 4.79 Å². The van der Waals surface area contributed by atoms with Crippen molar-refractivity contribution in [2.75, 3.05) is 0 Å². The number of hydrogen-bond acceptors (Lipinski definition) is 2. The summed E-state index contributed by atoms with van der Waals surface area (Å²) in [7, 11) is 0. The minimum atomic E-state index is -0.0843. The van der Waals surface area contributed by atoms with E-state index in [1.807, 2.05) is 0 Å². The minimum Gasteiger partial charge on any atom is -0.462 e. The van der Waals surface area contributed by atoms with Crippen LogP contribution in [-0.2, 0) is 9.53 Å². The summed E-state index contributed by atoms with van der Waals surface area (Å²) in [6, 6.07) is 0. The van der Waals surface area contributed by atoms with Gasteiger partial charge < -0.3 is 4.74 Å². The summed E-state index contributed by atoms with van der Waals surface area (Å²) >= 11 is 0. The molecule has 0 aromatic carbocycles. The first kappa shape index (κ1) is 25.8. The van der Waals surface area contributed by atoms with Gasteiger partial charge in [0.1, 0.15) is 6.10 Å². The summed E-state index contributed by atoms with van der Waals surface area (Å²) in [5.41, 5.74) is 3.84. The summed E-state index contributed by atoms with van der Waals surface area (Å²) in [6.45, 7) is 19.0. The predicted octanol–water partition coefficient (Wildman–Crippen LogP) is 8.99. The number of rotatable bonds is 6. The molecule has 0 amide bonds. The van der Waals surface area contributed by atoms with Gasteiger partial charge in [0.25, 0.3) is 0 Å². The highest BCUT2D eigenvalue weighted by molar-refractivity contribution is 5.66. The third kappa shape index (κ3) is 3.49. The molecule has 5 aliphatic rings. The molecule has 0 aliphatic heterocycles. The zero-order chi connectivity index (χ0) is 25.4. The molecule has 5 rings (SSSR count). The fraction of sp³-hybridized carbons (Fsp3) is 0.909. The number of allylic oxidation sites excluding steroid dienone is 2. The first-order valence-electron chi connectivity index (χ1n) is 15.3. The van der Waals surface area contributed by atoms with E-state index in [1.54, 1.807) is 12.5 Å². The molecule has 0 saturated heterocycles. The first-order chi connectivity index (χ1) is 16.5. The van der Waals surface area contributed by atoms with Crippen LogP contribution in [0.2, 0.25) is 0 Å². The fourth-order valence-electron chi connectivity index (χ4n) is 11.7. The number of carbonyl (C=O) groups excluding carboxylic acids is 1. The summed E-state index contributed by atoms with van der Waals surface area (Å²) in [5, 5.41) is 0. The molecule has 2 spiro atoms. The van der Waals surface area contributed by atoms with E-state index in [4.69, 9.17) is 4.74 Å². The third-order valence-electron chi connectivity index (χ3n) is 13.7. The van der Waals surface area contributed by atoms with Gasteiger partial charge in [-0.05, 0) is 135 Å². The lowest BCUT2D eigenvalue weighted by Gasteiger charge is -2.62. The number of esters is 1. The second-order valence-electron chi connectivity index (χ2n) is 14.8. The van der Waals surface area contributed by atoms with Gasteiger partial charge in [-0.2, -0.15) is 0 Å². The highest BCUT2D eigenvalue weighted by atomic mass is 16.5. The fourth-order valence-corrected chi connectivity index (χ4v) is 11.7. The Kier molecular flexibility index (Phi) is 6.37. The van der Waals surface area contributed by atoms with Crippen LogP contribution in [0.5, 0.6) is 0 Å². The van der Waals surface area contributed by atoms with Crippen LogP contribution < -0.4 is 0 Å². The first-order valence-corrected chi connectivity index (χ1v) is 15.3. The Morgan fingerprint density at radius 2 is 1.71 bits per heavy atom. The highest BCUT2D eigenvalue weighted by Gasteiger charge is 2.81. The number of carbonyl (C=O) groups is 1. The van der Waals surface area contributed by atoms with E-state index < -0.39 is 0 Å². The van der Waals surface area contributed by atoms with Crippen LogP contribution in [-0.4, -0.2) is 12.1 Å². The molecule has 5 fully saturated rings. The molecule has 10 atom stereocenters. The zero-order valence-electron chi connectivity index (χ0n) is 24.2. The summed E-state index contributed by atoms with van der Waals surface area (Å²) in [6.07, 6.45) is 17.7. The molecule has 35 heavy (non-hydrogen) atoms. The maximum absolute atomic E-state index is 11.7. The van der Waals surface area contributed by atoms with Crippen molar-refractivity contribution in [1.82, 2.24) is 0 Å². The summed E-state index contributed by atoms with van der Waals surface area (Å²) in [4.78, 5) is 11.7. The van der Waals surface area contributed by atoms with Crippen LogP contribution in [0.4, 0.5) is 0 Å². The molecule has 198 valence electrons. The van der Waals surface area contributed by atoms with E-state index in [0.717, 1.165) is 30.1 Å². The Balaban J connectivity index is 1.34. The van der Waals surface area contributed by atoms with E-state index >= 15 is 0 Å². The van der Waals surface area contributed by atoms with E-state index in [9.17, 15) is 4.79 Å². The van der Waals surface area contributed by atoms with Gasteiger partial charge in [-0.15, -0.1) is 0 Å². The summed E-state index contributed by atoms with van der Waals surface area (Å²) < 4.78 is 5.81. The molecular formula is C33H54O2. The maximum atomic E-state index is 11.7. The van der Waals surface area contributed by atoms with E-state index in [0.29, 0.717) is 33.5 Å². The molecule has 0 heterocycles. The molecule has 0 aromatic heterocycles. The van der Waals surface area contributed by atoms with E-state index in [1.165, 1.54) is 64.2 Å². The van der Waals surface area contributed by atoms with Gasteiger partial charge in [-0.1, -0.05) is 53.2 Å². The van der Waals surface area contributed by atoms with E-state index in [2.05, 4.69) is 54.5 Å². The van der Waals surface area contributed by atoms with Gasteiger partial charge in [0.15, 0.2) is 0 Å². The zero-order valence-corrected chi connectivity index (χ0v) is 24.2. The monoisotopic (exact) mass is 482 g/mol. The van der Waals surface area contributed by atoms with Crippen LogP contribution in [0, 0.1) is 57.2 Å². The predicted molar refractivity (Wildman–Crippen MR) is 145 cm³/mol. The summed E-state index contributed by atoms with van der Waals surface area (Å²) in [5.74, 6) is 4.55. The number of fused-ring (bicyclic) bond motifs is 2. The van der Waals surface area contributed by atoms with Crippen LogP contribution in [0.15, 0.2) is 11.6 Å². The SMILES string of the molecule is C/C=C(\CC[C@@H](C)[C@H]1CC[C@@]2(C)[C@@H]3CC[C@H]4[C@H](C)[C@@H](OC(C)=O)CC[C@@]45C[C@@]35CC[C@]12C)C(C)C. The average Bonchev–Trinajstić information content (AvgIpc) is 3.38. The van der Waals surface area contributed by atoms with Crippen molar-refractivity contribution in [2.24, 2.45) is 57.2 Å². The Morgan fingerprint density at radius 3 is 2.37 bits per heavy atom. The molecule has 0 bridgehead atoms. The van der Waals surface area contributed by atoms with Gasteiger partial charge in [-0.25, -0.2) is 0 Å². The van der Waals surface area contributed by atoms with Crippen molar-refractivity contribution in [2.45, 2.75) is 132 Å². The molecule has 0 N–H and O–H groups in total. The quantitative estimate of drug-likeness (QED) is 0.279.